The van der Waals surface area contributed by atoms with Crippen molar-refractivity contribution in [2.45, 2.75) is 6.42 Å². The Morgan fingerprint density at radius 1 is 1.47 bits per heavy atom. The van der Waals surface area contributed by atoms with E-state index in [1.54, 1.807) is 7.11 Å². The number of rotatable bonds is 3. The van der Waals surface area contributed by atoms with Gasteiger partial charge in [0.2, 0.25) is 0 Å². The van der Waals surface area contributed by atoms with Crippen molar-refractivity contribution in [3.05, 3.63) is 25.7 Å². The molecule has 0 unspecified atom stereocenters. The standard InChI is InChI=1S/C10H10BrIO3/c1-14-9(13)4-6-3-7(11)5-8(12)10(6)15-2/h3,5H,4H2,1-2H3. The van der Waals surface area contributed by atoms with E-state index in [1.165, 1.54) is 7.11 Å². The van der Waals surface area contributed by atoms with E-state index in [2.05, 4.69) is 43.3 Å². The molecular weight excluding hydrogens is 375 g/mol. The molecule has 0 aliphatic carbocycles. The molecule has 0 spiro atoms. The number of hydrogen-bond acceptors (Lipinski definition) is 3. The van der Waals surface area contributed by atoms with Crippen molar-refractivity contribution in [2.24, 2.45) is 0 Å². The second kappa shape index (κ2) is 5.69. The van der Waals surface area contributed by atoms with Gasteiger partial charge in [-0.3, -0.25) is 4.79 Å². The van der Waals surface area contributed by atoms with E-state index in [0.717, 1.165) is 19.4 Å². The summed E-state index contributed by atoms with van der Waals surface area (Å²) in [5, 5.41) is 0. The van der Waals surface area contributed by atoms with E-state index in [1.807, 2.05) is 12.1 Å². The normalized spacial score (nSPS) is 9.87. The van der Waals surface area contributed by atoms with Gasteiger partial charge in [-0.05, 0) is 34.7 Å². The van der Waals surface area contributed by atoms with Gasteiger partial charge in [0.25, 0.3) is 0 Å². The fourth-order valence-corrected chi connectivity index (χ4v) is 3.04. The van der Waals surface area contributed by atoms with Crippen molar-refractivity contribution in [3.63, 3.8) is 0 Å². The fourth-order valence-electron chi connectivity index (χ4n) is 1.20. The van der Waals surface area contributed by atoms with Crippen molar-refractivity contribution in [1.82, 2.24) is 0 Å². The van der Waals surface area contributed by atoms with E-state index in [0.29, 0.717) is 0 Å². The Morgan fingerprint density at radius 3 is 2.67 bits per heavy atom. The Kier molecular flexibility index (Phi) is 4.85. The number of hydrogen-bond donors (Lipinski definition) is 0. The van der Waals surface area contributed by atoms with Crippen LogP contribution in [0, 0.1) is 3.57 Å². The number of carbonyl (C=O) groups excluding carboxylic acids is 1. The first-order valence-corrected chi connectivity index (χ1v) is 6.04. The molecule has 15 heavy (non-hydrogen) atoms. The van der Waals surface area contributed by atoms with Gasteiger partial charge in [0, 0.05) is 10.0 Å². The highest BCUT2D eigenvalue weighted by molar-refractivity contribution is 14.1. The first-order chi connectivity index (χ1) is 7.08. The molecule has 1 aromatic rings. The molecule has 0 fully saturated rings. The van der Waals surface area contributed by atoms with Crippen LogP contribution in [0.25, 0.3) is 0 Å². The Labute approximate surface area is 110 Å². The number of ether oxygens (including phenoxy) is 2. The van der Waals surface area contributed by atoms with E-state index in [-0.39, 0.29) is 12.4 Å². The van der Waals surface area contributed by atoms with Gasteiger partial charge in [-0.15, -0.1) is 0 Å². The van der Waals surface area contributed by atoms with Crippen molar-refractivity contribution in [2.75, 3.05) is 14.2 Å². The van der Waals surface area contributed by atoms with Gasteiger partial charge >= 0.3 is 5.97 Å². The summed E-state index contributed by atoms with van der Waals surface area (Å²) in [5.41, 5.74) is 0.822. The molecule has 5 heteroatoms. The molecule has 0 aliphatic rings. The summed E-state index contributed by atoms with van der Waals surface area (Å²) in [7, 11) is 2.96. The summed E-state index contributed by atoms with van der Waals surface area (Å²) in [6.45, 7) is 0. The Hall–Kier alpha value is -0.300. The lowest BCUT2D eigenvalue weighted by molar-refractivity contribution is -0.139. The zero-order valence-electron chi connectivity index (χ0n) is 8.34. The Balaban J connectivity index is 3.09. The maximum Gasteiger partial charge on any atom is 0.310 e. The van der Waals surface area contributed by atoms with Crippen LogP contribution in [0.5, 0.6) is 5.75 Å². The summed E-state index contributed by atoms with van der Waals surface area (Å²) in [5.74, 6) is 0.450. The number of benzene rings is 1. The van der Waals surface area contributed by atoms with E-state index in [9.17, 15) is 4.79 Å². The topological polar surface area (TPSA) is 35.5 Å². The van der Waals surface area contributed by atoms with Crippen LogP contribution in [0.2, 0.25) is 0 Å². The predicted octanol–water partition coefficient (Wildman–Crippen LogP) is 2.78. The highest BCUT2D eigenvalue weighted by atomic mass is 127. The van der Waals surface area contributed by atoms with Gasteiger partial charge in [0.05, 0.1) is 24.2 Å². The second-order valence-corrected chi connectivity index (χ2v) is 4.91. The molecular formula is C10H10BrIO3. The Bertz CT molecular complexity index is 379. The van der Waals surface area contributed by atoms with Crippen molar-refractivity contribution >= 4 is 44.5 Å². The van der Waals surface area contributed by atoms with Gasteiger partial charge in [0.15, 0.2) is 0 Å². The smallest absolute Gasteiger partial charge is 0.310 e. The lowest BCUT2D eigenvalue weighted by Gasteiger charge is -2.10. The molecule has 3 nitrogen and oxygen atoms in total. The average molecular weight is 385 g/mol. The van der Waals surface area contributed by atoms with E-state index in [4.69, 9.17) is 4.74 Å². The molecule has 1 rings (SSSR count). The minimum atomic E-state index is -0.276. The minimum Gasteiger partial charge on any atom is -0.495 e. The van der Waals surface area contributed by atoms with Crippen LogP contribution < -0.4 is 4.74 Å². The van der Waals surface area contributed by atoms with Crippen LogP contribution in [0.1, 0.15) is 5.56 Å². The van der Waals surface area contributed by atoms with Crippen LogP contribution in [0.4, 0.5) is 0 Å². The van der Waals surface area contributed by atoms with Crippen LogP contribution in [0.3, 0.4) is 0 Å². The molecule has 0 aromatic heterocycles. The van der Waals surface area contributed by atoms with Crippen molar-refractivity contribution in [3.8, 4) is 5.75 Å². The molecule has 1 aromatic carbocycles. The van der Waals surface area contributed by atoms with Crippen molar-refractivity contribution in [1.29, 1.82) is 0 Å². The van der Waals surface area contributed by atoms with Gasteiger partial charge < -0.3 is 9.47 Å². The van der Waals surface area contributed by atoms with Gasteiger partial charge in [-0.25, -0.2) is 0 Å². The molecule has 0 saturated carbocycles. The van der Waals surface area contributed by atoms with E-state index >= 15 is 0 Å². The second-order valence-electron chi connectivity index (χ2n) is 2.83. The lowest BCUT2D eigenvalue weighted by atomic mass is 10.1. The van der Waals surface area contributed by atoms with E-state index < -0.39 is 0 Å². The molecule has 0 saturated heterocycles. The molecule has 0 bridgehead atoms. The maximum atomic E-state index is 11.2. The van der Waals surface area contributed by atoms with Crippen LogP contribution in [-0.4, -0.2) is 20.2 Å². The third-order valence-corrected chi connectivity index (χ3v) is 3.11. The summed E-state index contributed by atoms with van der Waals surface area (Å²) in [6, 6.07) is 3.79. The lowest BCUT2D eigenvalue weighted by Crippen LogP contribution is -2.06. The van der Waals surface area contributed by atoms with Gasteiger partial charge in [-0.2, -0.15) is 0 Å². The van der Waals surface area contributed by atoms with Crippen LogP contribution in [0.15, 0.2) is 16.6 Å². The number of carbonyl (C=O) groups is 1. The zero-order valence-corrected chi connectivity index (χ0v) is 12.1. The fraction of sp³-hybridized carbons (Fsp3) is 0.300. The predicted molar refractivity (Wildman–Crippen MR) is 69.1 cm³/mol. The first-order valence-electron chi connectivity index (χ1n) is 4.17. The summed E-state index contributed by atoms with van der Waals surface area (Å²) in [6.07, 6.45) is 0.217. The number of halogens is 2. The van der Waals surface area contributed by atoms with Crippen LogP contribution >= 0.6 is 38.5 Å². The number of methoxy groups -OCH3 is 2. The highest BCUT2D eigenvalue weighted by Crippen LogP contribution is 2.30. The van der Waals surface area contributed by atoms with Crippen LogP contribution in [-0.2, 0) is 16.0 Å². The third-order valence-electron chi connectivity index (χ3n) is 1.85. The SMILES string of the molecule is COC(=O)Cc1cc(Br)cc(I)c1OC. The molecule has 0 atom stereocenters. The molecule has 0 amide bonds. The largest absolute Gasteiger partial charge is 0.495 e. The first kappa shape index (κ1) is 12.8. The van der Waals surface area contributed by atoms with Gasteiger partial charge in [0.1, 0.15) is 5.75 Å². The molecule has 0 radical (unpaired) electrons. The quantitative estimate of drug-likeness (QED) is 0.593. The number of esters is 1. The zero-order chi connectivity index (χ0) is 11.4. The average Bonchev–Trinajstić information content (AvgIpc) is 2.17. The summed E-state index contributed by atoms with van der Waals surface area (Å²) >= 11 is 5.54. The highest BCUT2D eigenvalue weighted by Gasteiger charge is 2.12. The molecule has 0 heterocycles. The molecule has 0 N–H and O–H groups in total. The molecule has 82 valence electrons. The summed E-state index contributed by atoms with van der Waals surface area (Å²) < 4.78 is 11.7. The molecule has 0 aliphatic heterocycles. The van der Waals surface area contributed by atoms with Crippen molar-refractivity contribution < 1.29 is 14.3 Å². The minimum absolute atomic E-state index is 0.217. The van der Waals surface area contributed by atoms with Gasteiger partial charge in [-0.1, -0.05) is 15.9 Å². The third kappa shape index (κ3) is 3.34. The summed E-state index contributed by atoms with van der Waals surface area (Å²) in [4.78, 5) is 11.2. The Morgan fingerprint density at radius 2 is 2.13 bits per heavy atom. The monoisotopic (exact) mass is 384 g/mol. The maximum absolute atomic E-state index is 11.2.